The van der Waals surface area contributed by atoms with Crippen LogP contribution in [-0.2, 0) is 20.8 Å². The first-order chi connectivity index (χ1) is 9.61. The standard InChI is InChI=1S/C13H20N2O4S2/c1-9-4-5-11(21(14,18)19)8-12(9)13(16)15-10(2)6-7-20(3)17/h4-5,8,10H,6-7H2,1-3H3,(H,15,16)(H2,14,18,19). The van der Waals surface area contributed by atoms with Crippen molar-refractivity contribution >= 4 is 26.7 Å². The van der Waals surface area contributed by atoms with Crippen molar-refractivity contribution in [3.05, 3.63) is 29.3 Å². The molecule has 2 unspecified atom stereocenters. The van der Waals surface area contributed by atoms with Gasteiger partial charge in [0.25, 0.3) is 5.91 Å². The van der Waals surface area contributed by atoms with Gasteiger partial charge >= 0.3 is 0 Å². The van der Waals surface area contributed by atoms with Gasteiger partial charge in [-0.3, -0.25) is 9.00 Å². The van der Waals surface area contributed by atoms with E-state index in [0.29, 0.717) is 17.7 Å². The average Bonchev–Trinajstić information content (AvgIpc) is 2.35. The van der Waals surface area contributed by atoms with Gasteiger partial charge in [-0.2, -0.15) is 0 Å². The van der Waals surface area contributed by atoms with Crippen LogP contribution < -0.4 is 10.5 Å². The van der Waals surface area contributed by atoms with Crippen LogP contribution in [0.1, 0.15) is 29.3 Å². The molecule has 2 atom stereocenters. The lowest BCUT2D eigenvalue weighted by Gasteiger charge is -2.14. The summed E-state index contributed by atoms with van der Waals surface area (Å²) in [4.78, 5) is 12.1. The molecule has 0 aliphatic rings. The lowest BCUT2D eigenvalue weighted by Crippen LogP contribution is -2.34. The molecule has 0 heterocycles. The van der Waals surface area contributed by atoms with Gasteiger partial charge < -0.3 is 5.32 Å². The summed E-state index contributed by atoms with van der Waals surface area (Å²) < 4.78 is 33.7. The Hall–Kier alpha value is -1.25. The molecule has 0 aromatic heterocycles. The number of sulfonamides is 1. The topological polar surface area (TPSA) is 106 Å². The Morgan fingerprint density at radius 3 is 2.57 bits per heavy atom. The lowest BCUT2D eigenvalue weighted by atomic mass is 10.1. The zero-order chi connectivity index (χ0) is 16.2. The number of carbonyl (C=O) groups excluding carboxylic acids is 1. The molecule has 0 spiro atoms. The third-order valence-electron chi connectivity index (χ3n) is 3.00. The molecule has 6 nitrogen and oxygen atoms in total. The molecule has 3 N–H and O–H groups in total. The molecule has 0 radical (unpaired) electrons. The number of nitrogens with one attached hydrogen (secondary N) is 1. The number of carbonyl (C=O) groups is 1. The Morgan fingerprint density at radius 2 is 2.05 bits per heavy atom. The highest BCUT2D eigenvalue weighted by Gasteiger charge is 2.16. The first kappa shape index (κ1) is 17.8. The number of aryl methyl sites for hydroxylation is 1. The molecule has 0 aliphatic heterocycles. The van der Waals surface area contributed by atoms with Crippen molar-refractivity contribution in [2.45, 2.75) is 31.2 Å². The number of hydrogen-bond donors (Lipinski definition) is 2. The van der Waals surface area contributed by atoms with Gasteiger partial charge in [-0.25, -0.2) is 13.6 Å². The van der Waals surface area contributed by atoms with Gasteiger partial charge in [0.15, 0.2) is 0 Å². The number of rotatable bonds is 6. The lowest BCUT2D eigenvalue weighted by molar-refractivity contribution is 0.0938. The first-order valence-corrected chi connectivity index (χ1v) is 9.63. The van der Waals surface area contributed by atoms with E-state index in [2.05, 4.69) is 5.32 Å². The number of nitrogens with two attached hydrogens (primary N) is 1. The van der Waals surface area contributed by atoms with E-state index in [4.69, 9.17) is 5.14 Å². The Labute approximate surface area is 127 Å². The van der Waals surface area contributed by atoms with Crippen LogP contribution in [0.15, 0.2) is 23.1 Å². The zero-order valence-corrected chi connectivity index (χ0v) is 13.9. The Kier molecular flexibility index (Phi) is 6.06. The molecule has 0 saturated heterocycles. The van der Waals surface area contributed by atoms with Crippen LogP contribution in [0.4, 0.5) is 0 Å². The summed E-state index contributed by atoms with van der Waals surface area (Å²) in [6.07, 6.45) is 2.19. The smallest absolute Gasteiger partial charge is 0.251 e. The maximum absolute atomic E-state index is 12.2. The van der Waals surface area contributed by atoms with E-state index < -0.39 is 20.8 Å². The van der Waals surface area contributed by atoms with Crippen LogP contribution in [0.2, 0.25) is 0 Å². The second-order valence-corrected chi connectivity index (χ2v) is 8.08. The molecule has 1 aromatic rings. The number of amides is 1. The van der Waals surface area contributed by atoms with Crippen LogP contribution in [-0.4, -0.2) is 36.6 Å². The van der Waals surface area contributed by atoms with E-state index in [9.17, 15) is 17.4 Å². The quantitative estimate of drug-likeness (QED) is 0.792. The highest BCUT2D eigenvalue weighted by atomic mass is 32.2. The molecular formula is C13H20N2O4S2. The number of hydrogen-bond acceptors (Lipinski definition) is 4. The highest BCUT2D eigenvalue weighted by Crippen LogP contribution is 2.15. The van der Waals surface area contributed by atoms with Crippen LogP contribution in [0.5, 0.6) is 0 Å². The van der Waals surface area contributed by atoms with E-state index >= 15 is 0 Å². The third-order valence-corrected chi connectivity index (χ3v) is 4.72. The molecule has 21 heavy (non-hydrogen) atoms. The molecule has 0 saturated carbocycles. The SMILES string of the molecule is Cc1ccc(S(N)(=O)=O)cc1C(=O)NC(C)CCS(C)=O. The second-order valence-electron chi connectivity index (χ2n) is 4.96. The maximum atomic E-state index is 12.2. The van der Waals surface area contributed by atoms with Gasteiger partial charge in [-0.05, 0) is 38.0 Å². The summed E-state index contributed by atoms with van der Waals surface area (Å²) in [6.45, 7) is 3.53. The van der Waals surface area contributed by atoms with Crippen LogP contribution in [0.3, 0.4) is 0 Å². The van der Waals surface area contributed by atoms with Crippen molar-refractivity contribution in [1.29, 1.82) is 0 Å². The zero-order valence-electron chi connectivity index (χ0n) is 12.3. The predicted molar refractivity (Wildman–Crippen MR) is 83.0 cm³/mol. The molecular weight excluding hydrogens is 312 g/mol. The van der Waals surface area contributed by atoms with Crippen molar-refractivity contribution in [1.82, 2.24) is 5.32 Å². The average molecular weight is 332 g/mol. The molecule has 0 aliphatic carbocycles. The van der Waals surface area contributed by atoms with Crippen LogP contribution >= 0.6 is 0 Å². The van der Waals surface area contributed by atoms with Crippen LogP contribution in [0, 0.1) is 6.92 Å². The van der Waals surface area contributed by atoms with Crippen molar-refractivity contribution in [2.75, 3.05) is 12.0 Å². The fraction of sp³-hybridized carbons (Fsp3) is 0.462. The normalized spacial score (nSPS) is 14.5. The van der Waals surface area contributed by atoms with E-state index in [0.717, 1.165) is 0 Å². The second kappa shape index (κ2) is 7.15. The van der Waals surface area contributed by atoms with Gasteiger partial charge in [0.1, 0.15) is 0 Å². The summed E-state index contributed by atoms with van der Waals surface area (Å²) in [5.74, 6) is 0.130. The summed E-state index contributed by atoms with van der Waals surface area (Å²) >= 11 is 0. The third kappa shape index (κ3) is 5.56. The monoisotopic (exact) mass is 332 g/mol. The van der Waals surface area contributed by atoms with Gasteiger partial charge in [-0.15, -0.1) is 0 Å². The summed E-state index contributed by atoms with van der Waals surface area (Å²) in [5.41, 5.74) is 0.928. The summed E-state index contributed by atoms with van der Waals surface area (Å²) in [6, 6.07) is 4.02. The largest absolute Gasteiger partial charge is 0.350 e. The number of primary sulfonamides is 1. The van der Waals surface area contributed by atoms with Crippen LogP contribution in [0.25, 0.3) is 0 Å². The van der Waals surface area contributed by atoms with Crippen molar-refractivity contribution in [3.63, 3.8) is 0 Å². The fourth-order valence-electron chi connectivity index (χ4n) is 1.74. The molecule has 1 aromatic carbocycles. The van der Waals surface area contributed by atoms with Crippen molar-refractivity contribution in [2.24, 2.45) is 5.14 Å². The fourth-order valence-corrected chi connectivity index (χ4v) is 2.96. The Bertz CT molecular complexity index is 656. The molecule has 1 rings (SSSR count). The molecule has 0 fully saturated rings. The van der Waals surface area contributed by atoms with Gasteiger partial charge in [0.05, 0.1) is 4.90 Å². The van der Waals surface area contributed by atoms with E-state index in [1.807, 2.05) is 6.92 Å². The molecule has 0 bridgehead atoms. The van der Waals surface area contributed by atoms with Crippen molar-refractivity contribution in [3.8, 4) is 0 Å². The van der Waals surface area contributed by atoms with Gasteiger partial charge in [0.2, 0.25) is 10.0 Å². The molecule has 1 amide bonds. The summed E-state index contributed by atoms with van der Waals surface area (Å²) in [7, 11) is -4.76. The Balaban J connectivity index is 2.89. The van der Waals surface area contributed by atoms with Crippen molar-refractivity contribution < 1.29 is 17.4 Å². The maximum Gasteiger partial charge on any atom is 0.251 e. The predicted octanol–water partition coefficient (Wildman–Crippen LogP) is 0.529. The summed E-state index contributed by atoms with van der Waals surface area (Å²) in [5, 5.41) is 7.83. The molecule has 8 heteroatoms. The minimum absolute atomic E-state index is 0.0967. The minimum Gasteiger partial charge on any atom is -0.350 e. The first-order valence-electron chi connectivity index (χ1n) is 6.35. The highest BCUT2D eigenvalue weighted by molar-refractivity contribution is 7.89. The molecule has 118 valence electrons. The van der Waals surface area contributed by atoms with E-state index in [-0.39, 0.29) is 22.4 Å². The minimum atomic E-state index is -3.85. The van der Waals surface area contributed by atoms with Gasteiger partial charge in [-0.1, -0.05) is 6.07 Å². The van der Waals surface area contributed by atoms with Gasteiger partial charge in [0, 0.05) is 34.4 Å². The number of benzene rings is 1. The Morgan fingerprint density at radius 1 is 1.43 bits per heavy atom. The van der Waals surface area contributed by atoms with E-state index in [1.54, 1.807) is 19.2 Å². The van der Waals surface area contributed by atoms with E-state index in [1.165, 1.54) is 12.1 Å².